The number of amides is 1. The van der Waals surface area contributed by atoms with Gasteiger partial charge in [0, 0.05) is 28.1 Å². The van der Waals surface area contributed by atoms with E-state index in [0.29, 0.717) is 6.42 Å². The van der Waals surface area contributed by atoms with E-state index in [4.69, 9.17) is 4.74 Å². The summed E-state index contributed by atoms with van der Waals surface area (Å²) in [6.07, 6.45) is -1.94. The summed E-state index contributed by atoms with van der Waals surface area (Å²) in [4.78, 5) is 42.2. The lowest BCUT2D eigenvalue weighted by molar-refractivity contribution is -0.123. The van der Waals surface area contributed by atoms with Crippen molar-refractivity contribution in [2.24, 2.45) is 0 Å². The number of aromatic nitrogens is 2. The van der Waals surface area contributed by atoms with Crippen molar-refractivity contribution >= 4 is 17.7 Å². The standard InChI is InChI=1S/C28H28FN3O5S/c1-3-13-28(36)21(37-26(23(28)29)32-15-16(4-2)24(33)31-27(32)35)14-30-25(34)22-17-9-5-7-11-19(17)38-20-12-8-6-10-18(20)22/h3,5-12,15,21-23,26,36H,1,4,13-14H2,2H3,(H,30,34)(H,31,33,35)/t21-,23+,26-,28-/m1/s1. The number of fused-ring (bicyclic) bond motifs is 2. The number of ether oxygens (including phenoxy) is 1. The summed E-state index contributed by atoms with van der Waals surface area (Å²) in [5, 5.41) is 14.2. The smallest absolute Gasteiger partial charge is 0.330 e. The lowest BCUT2D eigenvalue weighted by Gasteiger charge is -2.30. The van der Waals surface area contributed by atoms with Crippen LogP contribution in [0.25, 0.3) is 0 Å². The van der Waals surface area contributed by atoms with Gasteiger partial charge in [-0.05, 0) is 36.1 Å². The number of hydrogen-bond acceptors (Lipinski definition) is 6. The second-order valence-electron chi connectivity index (χ2n) is 9.43. The molecule has 2 aliphatic rings. The zero-order valence-electron chi connectivity index (χ0n) is 20.7. The molecule has 10 heteroatoms. The van der Waals surface area contributed by atoms with E-state index in [-0.39, 0.29) is 24.4 Å². The summed E-state index contributed by atoms with van der Waals surface area (Å²) in [6.45, 7) is 5.15. The fraction of sp³-hybridized carbons (Fsp3) is 0.321. The third-order valence-electron chi connectivity index (χ3n) is 7.16. The first-order valence-electron chi connectivity index (χ1n) is 12.4. The summed E-state index contributed by atoms with van der Waals surface area (Å²) in [5.74, 6) is -0.911. The van der Waals surface area contributed by atoms with Gasteiger partial charge in [-0.25, -0.2) is 9.18 Å². The summed E-state index contributed by atoms with van der Waals surface area (Å²) >= 11 is 1.59. The molecule has 1 saturated heterocycles. The fourth-order valence-electron chi connectivity index (χ4n) is 5.14. The summed E-state index contributed by atoms with van der Waals surface area (Å²) in [7, 11) is 0. The van der Waals surface area contributed by atoms with E-state index in [1.54, 1.807) is 18.7 Å². The molecule has 198 valence electrons. The lowest BCUT2D eigenvalue weighted by Crippen LogP contribution is -2.50. The Morgan fingerprint density at radius 1 is 1.21 bits per heavy atom. The zero-order chi connectivity index (χ0) is 27.0. The van der Waals surface area contributed by atoms with Gasteiger partial charge in [0.15, 0.2) is 12.4 Å². The van der Waals surface area contributed by atoms with Gasteiger partial charge in [-0.15, -0.1) is 6.58 Å². The van der Waals surface area contributed by atoms with Crippen LogP contribution >= 0.6 is 11.8 Å². The second kappa shape index (κ2) is 10.4. The van der Waals surface area contributed by atoms with E-state index in [1.807, 2.05) is 48.5 Å². The number of halogens is 1. The number of benzene rings is 2. The Hall–Kier alpha value is -3.47. The van der Waals surface area contributed by atoms with Crippen LogP contribution < -0.4 is 16.6 Å². The summed E-state index contributed by atoms with van der Waals surface area (Å²) in [6, 6.07) is 15.3. The number of rotatable bonds is 7. The molecule has 0 saturated carbocycles. The molecule has 5 rings (SSSR count). The van der Waals surface area contributed by atoms with Crippen molar-refractivity contribution in [3.05, 3.63) is 105 Å². The summed E-state index contributed by atoms with van der Waals surface area (Å²) in [5.41, 5.74) is -1.47. The zero-order valence-corrected chi connectivity index (χ0v) is 21.5. The first kappa shape index (κ1) is 26.1. The number of nitrogens with one attached hydrogen (secondary N) is 2. The monoisotopic (exact) mass is 537 g/mol. The number of aromatic amines is 1. The molecule has 3 aromatic rings. The molecule has 38 heavy (non-hydrogen) atoms. The summed E-state index contributed by atoms with van der Waals surface area (Å²) < 4.78 is 22.6. The minimum absolute atomic E-state index is 0.171. The van der Waals surface area contributed by atoms with Crippen molar-refractivity contribution in [3.8, 4) is 0 Å². The molecule has 3 heterocycles. The van der Waals surface area contributed by atoms with Crippen LogP contribution in [-0.4, -0.2) is 45.0 Å². The van der Waals surface area contributed by atoms with Gasteiger partial charge in [0.2, 0.25) is 5.91 Å². The van der Waals surface area contributed by atoms with Crippen LogP contribution in [0.2, 0.25) is 0 Å². The van der Waals surface area contributed by atoms with Crippen molar-refractivity contribution in [3.63, 3.8) is 0 Å². The van der Waals surface area contributed by atoms with Crippen molar-refractivity contribution < 1.29 is 19.0 Å². The lowest BCUT2D eigenvalue weighted by atomic mass is 9.88. The first-order valence-corrected chi connectivity index (χ1v) is 13.2. The highest BCUT2D eigenvalue weighted by Gasteiger charge is 2.57. The molecule has 4 atom stereocenters. The minimum Gasteiger partial charge on any atom is -0.384 e. The average molecular weight is 538 g/mol. The van der Waals surface area contributed by atoms with E-state index in [2.05, 4.69) is 16.9 Å². The molecule has 0 unspecified atom stereocenters. The molecule has 2 aliphatic heterocycles. The van der Waals surface area contributed by atoms with E-state index >= 15 is 4.39 Å². The van der Waals surface area contributed by atoms with Crippen LogP contribution in [0, 0.1) is 0 Å². The predicted molar refractivity (Wildman–Crippen MR) is 141 cm³/mol. The predicted octanol–water partition coefficient (Wildman–Crippen LogP) is 3.05. The quantitative estimate of drug-likeness (QED) is 0.400. The van der Waals surface area contributed by atoms with E-state index in [1.165, 1.54) is 12.3 Å². The Bertz CT molecular complexity index is 1460. The Balaban J connectivity index is 1.43. The van der Waals surface area contributed by atoms with Gasteiger partial charge < -0.3 is 15.2 Å². The highest BCUT2D eigenvalue weighted by Crippen LogP contribution is 2.46. The van der Waals surface area contributed by atoms with Gasteiger partial charge in [-0.1, -0.05) is 61.2 Å². The maximum Gasteiger partial charge on any atom is 0.330 e. The third kappa shape index (κ3) is 4.42. The normalized spacial score (nSPS) is 24.4. The van der Waals surface area contributed by atoms with Crippen LogP contribution in [0.5, 0.6) is 0 Å². The number of carbonyl (C=O) groups excluding carboxylic acids is 1. The van der Waals surface area contributed by atoms with Crippen molar-refractivity contribution in [1.82, 2.24) is 14.9 Å². The topological polar surface area (TPSA) is 113 Å². The largest absolute Gasteiger partial charge is 0.384 e. The fourth-order valence-corrected chi connectivity index (χ4v) is 6.28. The number of aryl methyl sites for hydroxylation is 1. The van der Waals surface area contributed by atoms with Crippen molar-refractivity contribution in [1.29, 1.82) is 0 Å². The molecule has 0 radical (unpaired) electrons. The van der Waals surface area contributed by atoms with Crippen LogP contribution in [-0.2, 0) is 16.0 Å². The van der Waals surface area contributed by atoms with Gasteiger partial charge in [-0.2, -0.15) is 0 Å². The van der Waals surface area contributed by atoms with Crippen molar-refractivity contribution in [2.75, 3.05) is 6.54 Å². The minimum atomic E-state index is -2.06. The number of aliphatic hydroxyl groups is 1. The molecular formula is C28H28FN3O5S. The molecule has 1 amide bonds. The second-order valence-corrected chi connectivity index (χ2v) is 10.5. The highest BCUT2D eigenvalue weighted by atomic mass is 32.2. The highest BCUT2D eigenvalue weighted by molar-refractivity contribution is 7.99. The number of H-pyrrole nitrogens is 1. The first-order chi connectivity index (χ1) is 18.3. The van der Waals surface area contributed by atoms with Gasteiger partial charge in [-0.3, -0.25) is 19.1 Å². The van der Waals surface area contributed by atoms with E-state index < -0.39 is 41.3 Å². The van der Waals surface area contributed by atoms with E-state index in [0.717, 1.165) is 25.5 Å². The molecule has 0 aliphatic carbocycles. The van der Waals surface area contributed by atoms with Gasteiger partial charge in [0.05, 0.1) is 5.92 Å². The van der Waals surface area contributed by atoms with Gasteiger partial charge in [0.25, 0.3) is 5.56 Å². The molecule has 3 N–H and O–H groups in total. The van der Waals surface area contributed by atoms with Crippen LogP contribution in [0.3, 0.4) is 0 Å². The van der Waals surface area contributed by atoms with Crippen molar-refractivity contribution in [2.45, 2.75) is 59.6 Å². The Labute approximate surface area is 222 Å². The number of nitrogens with zero attached hydrogens (tertiary/aromatic N) is 1. The molecule has 2 aromatic carbocycles. The van der Waals surface area contributed by atoms with Gasteiger partial charge in [0.1, 0.15) is 11.7 Å². The maximum atomic E-state index is 15.8. The van der Waals surface area contributed by atoms with Crippen LogP contribution in [0.4, 0.5) is 4.39 Å². The van der Waals surface area contributed by atoms with E-state index in [9.17, 15) is 19.5 Å². The molecule has 8 nitrogen and oxygen atoms in total. The Morgan fingerprint density at radius 3 is 2.45 bits per heavy atom. The third-order valence-corrected chi connectivity index (χ3v) is 8.34. The number of alkyl halides is 1. The number of hydrogen-bond donors (Lipinski definition) is 3. The average Bonchev–Trinajstić information content (AvgIpc) is 3.15. The molecule has 0 bridgehead atoms. The molecule has 1 aromatic heterocycles. The number of carbonyl (C=O) groups is 1. The van der Waals surface area contributed by atoms with Crippen LogP contribution in [0.1, 0.15) is 42.2 Å². The maximum absolute atomic E-state index is 15.8. The Morgan fingerprint density at radius 2 is 1.84 bits per heavy atom. The van der Waals surface area contributed by atoms with Gasteiger partial charge >= 0.3 is 5.69 Å². The molecule has 1 fully saturated rings. The van der Waals surface area contributed by atoms with Crippen LogP contribution in [0.15, 0.2) is 86.8 Å². The SMILES string of the molecule is C=CC[C@@]1(O)[C@@H](CNC(=O)C2c3ccccc3Sc3ccccc32)O[C@@H](n2cc(CC)c(=O)[nH]c2=O)[C@@H]1F. The molecule has 0 spiro atoms. The Kier molecular flexibility index (Phi) is 7.13. The molecular weight excluding hydrogens is 509 g/mol.